The lowest BCUT2D eigenvalue weighted by Gasteiger charge is -2.19. The lowest BCUT2D eigenvalue weighted by atomic mass is 9.81. The third-order valence-corrected chi connectivity index (χ3v) is 7.20. The number of anilines is 1. The van der Waals surface area contributed by atoms with Crippen LogP contribution in [0.15, 0.2) is 48.5 Å². The number of amides is 2. The molecule has 2 amide bonds. The third-order valence-electron chi connectivity index (χ3n) is 7.20. The van der Waals surface area contributed by atoms with Gasteiger partial charge in [0.15, 0.2) is 0 Å². The minimum absolute atomic E-state index is 0.0173. The molecule has 5 rings (SSSR count). The lowest BCUT2D eigenvalue weighted by Crippen LogP contribution is -2.32. The highest BCUT2D eigenvalue weighted by Gasteiger charge is 2.61. The van der Waals surface area contributed by atoms with E-state index in [1.165, 1.54) is 4.90 Å². The van der Waals surface area contributed by atoms with E-state index in [4.69, 9.17) is 4.74 Å². The van der Waals surface area contributed by atoms with Crippen LogP contribution in [0.2, 0.25) is 0 Å². The second kappa shape index (κ2) is 7.04. The van der Waals surface area contributed by atoms with E-state index in [1.807, 2.05) is 12.1 Å². The first-order valence-corrected chi connectivity index (χ1v) is 11.0. The van der Waals surface area contributed by atoms with Crippen LogP contribution in [0, 0.1) is 23.7 Å². The van der Waals surface area contributed by atoms with Gasteiger partial charge in [0, 0.05) is 0 Å². The SMILES string of the molecule is CC(C)(C)c1ccc(OC(=O)c2cccc(N3C(=O)[C@H]4[C@@H]5CC[C@@H](C5)[C@@H]4C3=O)c2)cc1. The molecule has 0 spiro atoms. The molecule has 3 fully saturated rings. The van der Waals surface area contributed by atoms with E-state index < -0.39 is 5.97 Å². The lowest BCUT2D eigenvalue weighted by molar-refractivity contribution is -0.123. The Balaban J connectivity index is 1.35. The van der Waals surface area contributed by atoms with Crippen molar-refractivity contribution >= 4 is 23.5 Å². The fourth-order valence-electron chi connectivity index (χ4n) is 5.62. The number of benzene rings is 2. The summed E-state index contributed by atoms with van der Waals surface area (Å²) < 4.78 is 5.53. The van der Waals surface area contributed by atoms with Crippen LogP contribution in [0.1, 0.15) is 56.0 Å². The van der Waals surface area contributed by atoms with E-state index in [1.54, 1.807) is 36.4 Å². The maximum Gasteiger partial charge on any atom is 0.343 e. The monoisotopic (exact) mass is 417 g/mol. The highest BCUT2D eigenvalue weighted by molar-refractivity contribution is 6.22. The fraction of sp³-hybridized carbons (Fsp3) is 0.423. The molecule has 2 bridgehead atoms. The molecule has 0 N–H and O–H groups in total. The molecule has 5 nitrogen and oxygen atoms in total. The number of hydrogen-bond acceptors (Lipinski definition) is 4. The molecule has 0 unspecified atom stereocenters. The van der Waals surface area contributed by atoms with Gasteiger partial charge in [-0.2, -0.15) is 0 Å². The molecular formula is C26H27NO4. The van der Waals surface area contributed by atoms with Gasteiger partial charge in [0.25, 0.3) is 0 Å². The van der Waals surface area contributed by atoms with Crippen molar-refractivity contribution in [1.82, 2.24) is 0 Å². The largest absolute Gasteiger partial charge is 0.423 e. The van der Waals surface area contributed by atoms with E-state index in [0.29, 0.717) is 28.8 Å². The fourth-order valence-corrected chi connectivity index (χ4v) is 5.62. The summed E-state index contributed by atoms with van der Waals surface area (Å²) in [6.45, 7) is 6.38. The van der Waals surface area contributed by atoms with Gasteiger partial charge in [-0.25, -0.2) is 4.79 Å². The van der Waals surface area contributed by atoms with Crippen molar-refractivity contribution in [2.24, 2.45) is 23.7 Å². The first kappa shape index (κ1) is 20.0. The van der Waals surface area contributed by atoms with Crippen LogP contribution in [-0.2, 0) is 15.0 Å². The van der Waals surface area contributed by atoms with Crippen molar-refractivity contribution < 1.29 is 19.1 Å². The molecule has 2 saturated carbocycles. The first-order valence-electron chi connectivity index (χ1n) is 11.0. The van der Waals surface area contributed by atoms with Crippen LogP contribution in [0.4, 0.5) is 5.69 Å². The maximum atomic E-state index is 13.1. The Hall–Kier alpha value is -2.95. The molecule has 2 aromatic rings. The number of carbonyl (C=O) groups excluding carboxylic acids is 3. The Kier molecular flexibility index (Phi) is 4.54. The number of hydrogen-bond donors (Lipinski definition) is 0. The number of imide groups is 1. The standard InChI is InChI=1S/C26H27NO4/c1-26(2,3)18-9-11-20(12-10-18)31-25(30)17-5-4-6-19(14-17)27-23(28)21-15-7-8-16(13-15)22(21)24(27)29/h4-6,9-12,14-16,21-22H,7-8,13H2,1-3H3/t15-,16+,21-,22-/m0/s1. The van der Waals surface area contributed by atoms with E-state index in [2.05, 4.69) is 20.8 Å². The van der Waals surface area contributed by atoms with Crippen molar-refractivity contribution in [1.29, 1.82) is 0 Å². The summed E-state index contributed by atoms with van der Waals surface area (Å²) in [5, 5.41) is 0. The number of esters is 1. The zero-order chi connectivity index (χ0) is 21.9. The molecule has 1 aliphatic heterocycles. The van der Waals surface area contributed by atoms with Gasteiger partial charge < -0.3 is 4.74 Å². The summed E-state index contributed by atoms with van der Waals surface area (Å²) in [6.07, 6.45) is 3.08. The molecule has 31 heavy (non-hydrogen) atoms. The minimum atomic E-state index is -0.510. The summed E-state index contributed by atoms with van der Waals surface area (Å²) in [7, 11) is 0. The average molecular weight is 418 g/mol. The predicted molar refractivity (Wildman–Crippen MR) is 117 cm³/mol. The molecule has 0 aromatic heterocycles. The number of rotatable bonds is 3. The number of nitrogens with zero attached hydrogens (tertiary/aromatic N) is 1. The van der Waals surface area contributed by atoms with E-state index in [0.717, 1.165) is 24.8 Å². The van der Waals surface area contributed by atoms with E-state index in [9.17, 15) is 14.4 Å². The molecule has 2 aromatic carbocycles. The minimum Gasteiger partial charge on any atom is -0.423 e. The molecule has 4 atom stereocenters. The summed E-state index contributed by atoms with van der Waals surface area (Å²) in [4.78, 5) is 40.1. The summed E-state index contributed by atoms with van der Waals surface area (Å²) in [5.41, 5.74) is 1.95. The van der Waals surface area contributed by atoms with Gasteiger partial charge in [-0.3, -0.25) is 14.5 Å². The Morgan fingerprint density at radius 3 is 2.13 bits per heavy atom. The molecular weight excluding hydrogens is 390 g/mol. The van der Waals surface area contributed by atoms with Gasteiger partial charge in [0.2, 0.25) is 11.8 Å². The third kappa shape index (κ3) is 3.27. The molecule has 160 valence electrons. The van der Waals surface area contributed by atoms with Crippen LogP contribution < -0.4 is 9.64 Å². The maximum absolute atomic E-state index is 13.1. The molecule has 1 heterocycles. The van der Waals surface area contributed by atoms with Crippen molar-refractivity contribution in [2.75, 3.05) is 4.90 Å². The van der Waals surface area contributed by atoms with Crippen LogP contribution in [0.3, 0.4) is 0 Å². The summed E-state index contributed by atoms with van der Waals surface area (Å²) in [5.74, 6) is 0.0521. The van der Waals surface area contributed by atoms with Crippen LogP contribution in [-0.4, -0.2) is 17.8 Å². The predicted octanol–water partition coefficient (Wildman–Crippen LogP) is 4.74. The molecule has 0 radical (unpaired) electrons. The molecule has 3 aliphatic rings. The van der Waals surface area contributed by atoms with E-state index in [-0.39, 0.29) is 29.1 Å². The highest BCUT2D eigenvalue weighted by atomic mass is 16.5. The van der Waals surface area contributed by atoms with Crippen molar-refractivity contribution in [2.45, 2.75) is 45.4 Å². The van der Waals surface area contributed by atoms with Gasteiger partial charge in [0.1, 0.15) is 5.75 Å². The first-order chi connectivity index (χ1) is 14.7. The quantitative estimate of drug-likeness (QED) is 0.411. The average Bonchev–Trinajstić information content (AvgIpc) is 3.41. The topological polar surface area (TPSA) is 63.7 Å². The molecule has 1 saturated heterocycles. The van der Waals surface area contributed by atoms with Crippen molar-refractivity contribution in [3.8, 4) is 5.75 Å². The second-order valence-electron chi connectivity index (χ2n) is 10.1. The normalized spacial score (nSPS) is 27.0. The van der Waals surface area contributed by atoms with Gasteiger partial charge in [-0.1, -0.05) is 39.0 Å². The number of carbonyl (C=O) groups is 3. The smallest absolute Gasteiger partial charge is 0.343 e. The highest BCUT2D eigenvalue weighted by Crippen LogP contribution is 2.56. The van der Waals surface area contributed by atoms with Gasteiger partial charge in [0.05, 0.1) is 23.1 Å². The molecule has 2 aliphatic carbocycles. The van der Waals surface area contributed by atoms with Crippen LogP contribution >= 0.6 is 0 Å². The van der Waals surface area contributed by atoms with Gasteiger partial charge >= 0.3 is 5.97 Å². The summed E-state index contributed by atoms with van der Waals surface area (Å²) in [6, 6.07) is 14.1. The second-order valence-corrected chi connectivity index (χ2v) is 10.1. The number of fused-ring (bicyclic) bond motifs is 5. The van der Waals surface area contributed by atoms with Gasteiger partial charge in [-0.15, -0.1) is 0 Å². The van der Waals surface area contributed by atoms with Crippen LogP contribution in [0.5, 0.6) is 5.75 Å². The van der Waals surface area contributed by atoms with Crippen molar-refractivity contribution in [3.63, 3.8) is 0 Å². The van der Waals surface area contributed by atoms with Crippen molar-refractivity contribution in [3.05, 3.63) is 59.7 Å². The number of ether oxygens (including phenoxy) is 1. The van der Waals surface area contributed by atoms with Crippen LogP contribution in [0.25, 0.3) is 0 Å². The Labute approximate surface area is 182 Å². The zero-order valence-corrected chi connectivity index (χ0v) is 18.1. The summed E-state index contributed by atoms with van der Waals surface area (Å²) >= 11 is 0. The zero-order valence-electron chi connectivity index (χ0n) is 18.1. The Morgan fingerprint density at radius 1 is 0.935 bits per heavy atom. The Morgan fingerprint density at radius 2 is 1.55 bits per heavy atom. The Bertz CT molecular complexity index is 1040. The molecule has 5 heteroatoms. The van der Waals surface area contributed by atoms with E-state index >= 15 is 0 Å². The van der Waals surface area contributed by atoms with Gasteiger partial charge in [-0.05, 0) is 72.4 Å².